The minimum atomic E-state index is -0.301. The molecule has 2 heterocycles. The van der Waals surface area contributed by atoms with E-state index in [-0.39, 0.29) is 5.97 Å². The highest BCUT2D eigenvalue weighted by atomic mass is 32.1. The van der Waals surface area contributed by atoms with Gasteiger partial charge in [-0.2, -0.15) is 0 Å². The molecule has 96 valence electrons. The highest BCUT2D eigenvalue weighted by molar-refractivity contribution is 7.15. The van der Waals surface area contributed by atoms with Crippen molar-refractivity contribution in [1.82, 2.24) is 9.38 Å². The monoisotopic (exact) mass is 272 g/mol. The number of esters is 1. The molecule has 0 saturated heterocycles. The molecule has 0 amide bonds. The Morgan fingerprint density at radius 1 is 1.47 bits per heavy atom. The van der Waals surface area contributed by atoms with Gasteiger partial charge in [0.25, 0.3) is 0 Å². The van der Waals surface area contributed by atoms with Crippen LogP contribution in [0.4, 0.5) is 0 Å². The van der Waals surface area contributed by atoms with Crippen molar-refractivity contribution in [3.05, 3.63) is 47.6 Å². The first-order valence-electron chi connectivity index (χ1n) is 5.97. The number of thiazole rings is 1. The van der Waals surface area contributed by atoms with Crippen LogP contribution in [0.15, 0.2) is 42.0 Å². The number of carbonyl (C=O) groups is 1. The van der Waals surface area contributed by atoms with Gasteiger partial charge in [0.2, 0.25) is 0 Å². The Labute approximate surface area is 114 Å². The maximum atomic E-state index is 11.7. The van der Waals surface area contributed by atoms with Crippen molar-refractivity contribution in [2.45, 2.75) is 6.92 Å². The van der Waals surface area contributed by atoms with Crippen LogP contribution in [0.2, 0.25) is 0 Å². The number of hydrogen-bond donors (Lipinski definition) is 0. The highest BCUT2D eigenvalue weighted by Gasteiger charge is 2.10. The molecule has 0 aliphatic carbocycles. The third-order valence-electron chi connectivity index (χ3n) is 2.76. The van der Waals surface area contributed by atoms with Crippen LogP contribution in [-0.2, 0) is 4.74 Å². The molecule has 0 aliphatic rings. The Morgan fingerprint density at radius 2 is 2.37 bits per heavy atom. The number of aromatic nitrogens is 2. The Balaban J connectivity index is 1.98. The number of imidazole rings is 1. The van der Waals surface area contributed by atoms with E-state index in [0.717, 1.165) is 16.2 Å². The van der Waals surface area contributed by atoms with E-state index in [2.05, 4.69) is 4.98 Å². The summed E-state index contributed by atoms with van der Waals surface area (Å²) in [7, 11) is 0. The SMILES string of the molecule is CCOC(=O)c1cccc(-c2cn3ccsc3n2)c1. The van der Waals surface area contributed by atoms with Gasteiger partial charge in [-0.05, 0) is 19.1 Å². The number of rotatable bonds is 3. The van der Waals surface area contributed by atoms with Crippen molar-refractivity contribution >= 4 is 22.3 Å². The molecular weight excluding hydrogens is 260 g/mol. The van der Waals surface area contributed by atoms with Crippen molar-refractivity contribution in [3.63, 3.8) is 0 Å². The molecule has 0 atom stereocenters. The van der Waals surface area contributed by atoms with Crippen LogP contribution in [-0.4, -0.2) is 22.0 Å². The summed E-state index contributed by atoms with van der Waals surface area (Å²) in [6.45, 7) is 2.18. The molecule has 0 fully saturated rings. The molecule has 1 aromatic carbocycles. The normalized spacial score (nSPS) is 10.8. The summed E-state index contributed by atoms with van der Waals surface area (Å²) in [5.74, 6) is -0.301. The van der Waals surface area contributed by atoms with Crippen LogP contribution in [0.1, 0.15) is 17.3 Å². The van der Waals surface area contributed by atoms with Gasteiger partial charge in [0.1, 0.15) is 0 Å². The topological polar surface area (TPSA) is 43.6 Å². The zero-order valence-corrected chi connectivity index (χ0v) is 11.2. The second-order valence-electron chi connectivity index (χ2n) is 4.02. The molecular formula is C14H12N2O2S. The van der Waals surface area contributed by atoms with Crippen LogP contribution < -0.4 is 0 Å². The van der Waals surface area contributed by atoms with E-state index >= 15 is 0 Å². The van der Waals surface area contributed by atoms with Gasteiger partial charge in [-0.1, -0.05) is 12.1 Å². The zero-order chi connectivity index (χ0) is 13.2. The van der Waals surface area contributed by atoms with E-state index < -0.39 is 0 Å². The van der Waals surface area contributed by atoms with E-state index in [9.17, 15) is 4.79 Å². The average Bonchev–Trinajstić information content (AvgIpc) is 3.00. The number of hydrogen-bond acceptors (Lipinski definition) is 4. The lowest BCUT2D eigenvalue weighted by Gasteiger charge is -2.03. The van der Waals surface area contributed by atoms with E-state index in [4.69, 9.17) is 4.74 Å². The molecule has 19 heavy (non-hydrogen) atoms. The fraction of sp³-hybridized carbons (Fsp3) is 0.143. The molecule has 0 bridgehead atoms. The fourth-order valence-corrected chi connectivity index (χ4v) is 2.59. The first-order chi connectivity index (χ1) is 9.28. The van der Waals surface area contributed by atoms with Gasteiger partial charge < -0.3 is 4.74 Å². The number of ether oxygens (including phenoxy) is 1. The summed E-state index contributed by atoms with van der Waals surface area (Å²) in [6.07, 6.45) is 3.92. The van der Waals surface area contributed by atoms with Crippen molar-refractivity contribution in [3.8, 4) is 11.3 Å². The molecule has 2 aromatic heterocycles. The maximum absolute atomic E-state index is 11.7. The minimum Gasteiger partial charge on any atom is -0.462 e. The molecule has 0 aliphatic heterocycles. The number of nitrogens with zero attached hydrogens (tertiary/aromatic N) is 2. The van der Waals surface area contributed by atoms with Crippen LogP contribution in [0.3, 0.4) is 0 Å². The van der Waals surface area contributed by atoms with E-state index in [1.165, 1.54) is 0 Å². The third kappa shape index (κ3) is 2.24. The Hall–Kier alpha value is -2.14. The van der Waals surface area contributed by atoms with E-state index in [0.29, 0.717) is 12.2 Å². The summed E-state index contributed by atoms with van der Waals surface area (Å²) >= 11 is 1.58. The minimum absolute atomic E-state index is 0.301. The van der Waals surface area contributed by atoms with Crippen molar-refractivity contribution in [2.24, 2.45) is 0 Å². The molecule has 0 N–H and O–H groups in total. The van der Waals surface area contributed by atoms with E-state index in [1.54, 1.807) is 24.3 Å². The largest absolute Gasteiger partial charge is 0.462 e. The van der Waals surface area contributed by atoms with Crippen molar-refractivity contribution in [1.29, 1.82) is 0 Å². The molecule has 0 saturated carbocycles. The van der Waals surface area contributed by atoms with Gasteiger partial charge in [0.15, 0.2) is 4.96 Å². The average molecular weight is 272 g/mol. The van der Waals surface area contributed by atoms with Gasteiger partial charge in [-0.3, -0.25) is 4.40 Å². The predicted molar refractivity (Wildman–Crippen MR) is 74.5 cm³/mol. The van der Waals surface area contributed by atoms with Crippen LogP contribution in [0.25, 0.3) is 16.2 Å². The third-order valence-corrected chi connectivity index (χ3v) is 3.53. The zero-order valence-electron chi connectivity index (χ0n) is 10.4. The van der Waals surface area contributed by atoms with E-state index in [1.807, 2.05) is 40.4 Å². The first-order valence-corrected chi connectivity index (χ1v) is 6.85. The molecule has 5 heteroatoms. The standard InChI is InChI=1S/C14H12N2O2S/c1-2-18-13(17)11-5-3-4-10(8-11)12-9-16-6-7-19-14(16)15-12/h3-9H,2H2,1H3. The van der Waals surface area contributed by atoms with Gasteiger partial charge in [0, 0.05) is 23.3 Å². The lowest BCUT2D eigenvalue weighted by molar-refractivity contribution is 0.0526. The molecule has 3 rings (SSSR count). The number of benzene rings is 1. The summed E-state index contributed by atoms with van der Waals surface area (Å²) in [4.78, 5) is 17.2. The second-order valence-corrected chi connectivity index (χ2v) is 4.89. The molecule has 0 unspecified atom stereocenters. The number of carbonyl (C=O) groups excluding carboxylic acids is 1. The van der Waals surface area contributed by atoms with Crippen LogP contribution in [0, 0.1) is 0 Å². The Bertz CT molecular complexity index is 701. The number of fused-ring (bicyclic) bond motifs is 1. The van der Waals surface area contributed by atoms with Gasteiger partial charge in [0.05, 0.1) is 17.9 Å². The highest BCUT2D eigenvalue weighted by Crippen LogP contribution is 2.22. The predicted octanol–water partition coefficient (Wildman–Crippen LogP) is 3.24. The summed E-state index contributed by atoms with van der Waals surface area (Å²) < 4.78 is 6.97. The maximum Gasteiger partial charge on any atom is 0.338 e. The summed E-state index contributed by atoms with van der Waals surface area (Å²) in [5.41, 5.74) is 2.33. The summed E-state index contributed by atoms with van der Waals surface area (Å²) in [5, 5.41) is 1.99. The smallest absolute Gasteiger partial charge is 0.338 e. The Morgan fingerprint density at radius 3 is 3.16 bits per heavy atom. The fourth-order valence-electron chi connectivity index (χ4n) is 1.89. The molecule has 4 nitrogen and oxygen atoms in total. The van der Waals surface area contributed by atoms with Crippen LogP contribution in [0.5, 0.6) is 0 Å². The Kier molecular flexibility index (Phi) is 3.05. The molecule has 0 spiro atoms. The lowest BCUT2D eigenvalue weighted by Crippen LogP contribution is -2.04. The quantitative estimate of drug-likeness (QED) is 0.687. The summed E-state index contributed by atoms with van der Waals surface area (Å²) in [6, 6.07) is 7.34. The van der Waals surface area contributed by atoms with Crippen molar-refractivity contribution in [2.75, 3.05) is 6.61 Å². The van der Waals surface area contributed by atoms with Gasteiger partial charge in [-0.25, -0.2) is 9.78 Å². The van der Waals surface area contributed by atoms with Gasteiger partial charge in [-0.15, -0.1) is 11.3 Å². The first kappa shape index (κ1) is 11.9. The van der Waals surface area contributed by atoms with Crippen molar-refractivity contribution < 1.29 is 9.53 Å². The second kappa shape index (κ2) is 4.85. The van der Waals surface area contributed by atoms with Crippen LogP contribution >= 0.6 is 11.3 Å². The molecule has 0 radical (unpaired) electrons. The van der Waals surface area contributed by atoms with Gasteiger partial charge >= 0.3 is 5.97 Å². The molecule has 3 aromatic rings. The lowest BCUT2D eigenvalue weighted by atomic mass is 10.1.